The molecule has 0 aliphatic heterocycles. The van der Waals surface area contributed by atoms with E-state index in [1.165, 1.54) is 77.0 Å². The highest BCUT2D eigenvalue weighted by Crippen LogP contribution is 2.14. The largest absolute Gasteiger partial charge is 0.393 e. The SMILES string of the molecule is CCCCCCCCCCCC(O)CCCCCCN. The van der Waals surface area contributed by atoms with Crippen molar-refractivity contribution in [2.24, 2.45) is 5.73 Å². The lowest BCUT2D eigenvalue weighted by Gasteiger charge is -2.10. The third-order valence-electron chi connectivity index (χ3n) is 4.13. The lowest BCUT2D eigenvalue weighted by Crippen LogP contribution is -2.06. The minimum atomic E-state index is -0.0579. The zero-order valence-electron chi connectivity index (χ0n) is 13.9. The molecular weight excluding hydrogens is 246 g/mol. The molecule has 0 fully saturated rings. The minimum absolute atomic E-state index is 0.0579. The third kappa shape index (κ3) is 16.0. The summed E-state index contributed by atoms with van der Waals surface area (Å²) in [5, 5.41) is 9.88. The Bertz CT molecular complexity index is 173. The first-order valence-electron chi connectivity index (χ1n) is 9.19. The molecule has 1 unspecified atom stereocenters. The van der Waals surface area contributed by atoms with Crippen LogP contribution in [-0.4, -0.2) is 17.8 Å². The summed E-state index contributed by atoms with van der Waals surface area (Å²) in [5.74, 6) is 0. The van der Waals surface area contributed by atoms with Crippen molar-refractivity contribution in [1.82, 2.24) is 0 Å². The van der Waals surface area contributed by atoms with Gasteiger partial charge in [0.1, 0.15) is 0 Å². The summed E-state index contributed by atoms with van der Waals surface area (Å²) in [6.45, 7) is 3.07. The molecule has 0 aliphatic carbocycles. The standard InChI is InChI=1S/C18H39NO/c1-2-3-4-5-6-7-8-9-12-15-18(20)16-13-10-11-14-17-19/h18,20H,2-17,19H2,1H3. The number of aliphatic hydroxyl groups is 1. The van der Waals surface area contributed by atoms with Gasteiger partial charge >= 0.3 is 0 Å². The summed E-state index contributed by atoms with van der Waals surface area (Å²) >= 11 is 0. The van der Waals surface area contributed by atoms with Gasteiger partial charge < -0.3 is 10.8 Å². The first kappa shape index (κ1) is 19.9. The summed E-state index contributed by atoms with van der Waals surface area (Å²) in [6, 6.07) is 0. The van der Waals surface area contributed by atoms with E-state index in [0.29, 0.717) is 0 Å². The van der Waals surface area contributed by atoms with Gasteiger partial charge in [0.2, 0.25) is 0 Å². The molecule has 122 valence electrons. The van der Waals surface area contributed by atoms with Crippen LogP contribution in [0.4, 0.5) is 0 Å². The van der Waals surface area contributed by atoms with E-state index in [-0.39, 0.29) is 6.10 Å². The first-order valence-corrected chi connectivity index (χ1v) is 9.19. The highest BCUT2D eigenvalue weighted by atomic mass is 16.3. The Hall–Kier alpha value is -0.0800. The van der Waals surface area contributed by atoms with Gasteiger partial charge in [-0.3, -0.25) is 0 Å². The number of aliphatic hydroxyl groups excluding tert-OH is 1. The van der Waals surface area contributed by atoms with E-state index in [1.54, 1.807) is 0 Å². The summed E-state index contributed by atoms with van der Waals surface area (Å²) in [4.78, 5) is 0. The second-order valence-corrected chi connectivity index (χ2v) is 6.26. The summed E-state index contributed by atoms with van der Waals surface area (Å²) < 4.78 is 0. The van der Waals surface area contributed by atoms with Crippen molar-refractivity contribution in [2.45, 2.75) is 109 Å². The van der Waals surface area contributed by atoms with Gasteiger partial charge in [0.05, 0.1) is 6.10 Å². The molecule has 0 rings (SSSR count). The fourth-order valence-electron chi connectivity index (χ4n) is 2.71. The number of nitrogens with two attached hydrogens (primary N) is 1. The van der Waals surface area contributed by atoms with Gasteiger partial charge in [-0.15, -0.1) is 0 Å². The Morgan fingerprint density at radius 2 is 1.05 bits per heavy atom. The van der Waals surface area contributed by atoms with Crippen LogP contribution in [0.2, 0.25) is 0 Å². The molecule has 0 aromatic rings. The van der Waals surface area contributed by atoms with E-state index in [9.17, 15) is 5.11 Å². The monoisotopic (exact) mass is 285 g/mol. The van der Waals surface area contributed by atoms with Crippen molar-refractivity contribution >= 4 is 0 Å². The van der Waals surface area contributed by atoms with Gasteiger partial charge in [-0.05, 0) is 25.8 Å². The molecule has 0 spiro atoms. The number of rotatable bonds is 16. The number of hydrogen-bond acceptors (Lipinski definition) is 2. The molecule has 2 heteroatoms. The average molecular weight is 286 g/mol. The fourth-order valence-corrected chi connectivity index (χ4v) is 2.71. The minimum Gasteiger partial charge on any atom is -0.393 e. The molecule has 0 aromatic heterocycles. The molecule has 0 aliphatic rings. The van der Waals surface area contributed by atoms with Gasteiger partial charge in [-0.25, -0.2) is 0 Å². The maximum absolute atomic E-state index is 9.88. The van der Waals surface area contributed by atoms with Crippen molar-refractivity contribution in [3.05, 3.63) is 0 Å². The van der Waals surface area contributed by atoms with Crippen molar-refractivity contribution < 1.29 is 5.11 Å². The summed E-state index contributed by atoms with van der Waals surface area (Å²) in [6.07, 6.45) is 18.9. The Morgan fingerprint density at radius 3 is 1.50 bits per heavy atom. The second-order valence-electron chi connectivity index (χ2n) is 6.26. The van der Waals surface area contributed by atoms with Crippen LogP contribution in [0.15, 0.2) is 0 Å². The maximum Gasteiger partial charge on any atom is 0.0540 e. The summed E-state index contributed by atoms with van der Waals surface area (Å²) in [7, 11) is 0. The zero-order chi connectivity index (χ0) is 14.9. The van der Waals surface area contributed by atoms with Gasteiger partial charge in [0.25, 0.3) is 0 Å². The fraction of sp³-hybridized carbons (Fsp3) is 1.00. The van der Waals surface area contributed by atoms with Crippen molar-refractivity contribution in [2.75, 3.05) is 6.54 Å². The van der Waals surface area contributed by atoms with Crippen LogP contribution in [0, 0.1) is 0 Å². The second kappa shape index (κ2) is 17.0. The van der Waals surface area contributed by atoms with E-state index >= 15 is 0 Å². The molecule has 0 aromatic carbocycles. The smallest absolute Gasteiger partial charge is 0.0540 e. The molecule has 20 heavy (non-hydrogen) atoms. The van der Waals surface area contributed by atoms with E-state index in [0.717, 1.165) is 25.8 Å². The molecule has 0 saturated carbocycles. The van der Waals surface area contributed by atoms with Crippen molar-refractivity contribution in [3.8, 4) is 0 Å². The molecular formula is C18H39NO. The highest BCUT2D eigenvalue weighted by molar-refractivity contribution is 4.57. The van der Waals surface area contributed by atoms with E-state index < -0.39 is 0 Å². The lowest BCUT2D eigenvalue weighted by molar-refractivity contribution is 0.147. The number of unbranched alkanes of at least 4 members (excludes halogenated alkanes) is 11. The predicted molar refractivity (Wildman–Crippen MR) is 90.0 cm³/mol. The van der Waals surface area contributed by atoms with Crippen LogP contribution in [0.1, 0.15) is 103 Å². The van der Waals surface area contributed by atoms with Crippen LogP contribution in [0.3, 0.4) is 0 Å². The number of hydrogen-bond donors (Lipinski definition) is 2. The van der Waals surface area contributed by atoms with E-state index in [1.807, 2.05) is 0 Å². The normalized spacial score (nSPS) is 12.8. The molecule has 3 N–H and O–H groups in total. The average Bonchev–Trinajstić information content (AvgIpc) is 2.45. The Balaban J connectivity index is 3.09. The van der Waals surface area contributed by atoms with Gasteiger partial charge in [-0.2, -0.15) is 0 Å². The zero-order valence-corrected chi connectivity index (χ0v) is 13.9. The van der Waals surface area contributed by atoms with Gasteiger partial charge in [0.15, 0.2) is 0 Å². The van der Waals surface area contributed by atoms with Crippen LogP contribution in [-0.2, 0) is 0 Å². The van der Waals surface area contributed by atoms with Crippen LogP contribution >= 0.6 is 0 Å². The van der Waals surface area contributed by atoms with Crippen molar-refractivity contribution in [3.63, 3.8) is 0 Å². The third-order valence-corrected chi connectivity index (χ3v) is 4.13. The van der Waals surface area contributed by atoms with Gasteiger partial charge in [-0.1, -0.05) is 84.0 Å². The topological polar surface area (TPSA) is 46.2 Å². The Kier molecular flexibility index (Phi) is 16.9. The molecule has 0 radical (unpaired) electrons. The molecule has 2 nitrogen and oxygen atoms in total. The molecule has 0 amide bonds. The molecule has 0 saturated heterocycles. The summed E-state index contributed by atoms with van der Waals surface area (Å²) in [5.41, 5.74) is 5.46. The molecule has 1 atom stereocenters. The van der Waals surface area contributed by atoms with E-state index in [4.69, 9.17) is 5.73 Å². The lowest BCUT2D eigenvalue weighted by atomic mass is 10.0. The van der Waals surface area contributed by atoms with E-state index in [2.05, 4.69) is 6.92 Å². The van der Waals surface area contributed by atoms with Crippen LogP contribution < -0.4 is 5.73 Å². The highest BCUT2D eigenvalue weighted by Gasteiger charge is 2.03. The predicted octanol–water partition coefficient (Wildman–Crippen LogP) is 5.18. The molecule has 0 bridgehead atoms. The maximum atomic E-state index is 9.88. The Morgan fingerprint density at radius 1 is 0.650 bits per heavy atom. The molecule has 0 heterocycles. The van der Waals surface area contributed by atoms with Crippen LogP contribution in [0.25, 0.3) is 0 Å². The Labute approximate surface area is 127 Å². The van der Waals surface area contributed by atoms with Crippen molar-refractivity contribution in [1.29, 1.82) is 0 Å². The first-order chi connectivity index (χ1) is 9.81. The van der Waals surface area contributed by atoms with Crippen LogP contribution in [0.5, 0.6) is 0 Å². The quantitative estimate of drug-likeness (QED) is 0.384. The van der Waals surface area contributed by atoms with Gasteiger partial charge in [0, 0.05) is 0 Å².